The highest BCUT2D eigenvalue weighted by Gasteiger charge is 2.18. The Morgan fingerprint density at radius 2 is 2.07 bits per heavy atom. The monoisotopic (exact) mass is 419 g/mol. The van der Waals surface area contributed by atoms with Gasteiger partial charge in [0, 0.05) is 47.4 Å². The van der Waals surface area contributed by atoms with Gasteiger partial charge in [-0.1, -0.05) is 41.9 Å². The molecule has 1 aliphatic rings. The summed E-state index contributed by atoms with van der Waals surface area (Å²) in [5, 5.41) is 14.1. The summed E-state index contributed by atoms with van der Waals surface area (Å²) < 4.78 is 7.65. The van der Waals surface area contributed by atoms with E-state index >= 15 is 0 Å². The third-order valence-corrected chi connectivity index (χ3v) is 5.52. The highest BCUT2D eigenvalue weighted by Crippen LogP contribution is 2.25. The van der Waals surface area contributed by atoms with Crippen LogP contribution in [-0.4, -0.2) is 29.7 Å². The molecular formula is C24H22ClN3O2. The molecule has 0 spiro atoms. The number of benzene rings is 2. The summed E-state index contributed by atoms with van der Waals surface area (Å²) in [5.74, 6) is -0.373. The van der Waals surface area contributed by atoms with Gasteiger partial charge in [0.2, 0.25) is 0 Å². The lowest BCUT2D eigenvalue weighted by Crippen LogP contribution is -2.32. The summed E-state index contributed by atoms with van der Waals surface area (Å²) in [5.41, 5.74) is 3.08. The van der Waals surface area contributed by atoms with Gasteiger partial charge in [-0.2, -0.15) is 5.26 Å². The van der Waals surface area contributed by atoms with Crippen LogP contribution in [0, 0.1) is 11.3 Å². The average Bonchev–Trinajstić information content (AvgIpc) is 3.40. The third kappa shape index (κ3) is 4.56. The molecule has 1 aromatic heterocycles. The van der Waals surface area contributed by atoms with E-state index in [1.807, 2.05) is 60.8 Å². The largest absolute Gasteiger partial charge is 0.376 e. The average molecular weight is 420 g/mol. The van der Waals surface area contributed by atoms with Gasteiger partial charge < -0.3 is 14.6 Å². The fourth-order valence-corrected chi connectivity index (χ4v) is 3.84. The van der Waals surface area contributed by atoms with E-state index in [1.54, 1.807) is 6.08 Å². The Bertz CT molecular complexity index is 1120. The number of rotatable bonds is 6. The minimum Gasteiger partial charge on any atom is -0.376 e. The second-order valence-electron chi connectivity index (χ2n) is 7.37. The van der Waals surface area contributed by atoms with Crippen LogP contribution in [0.25, 0.3) is 17.0 Å². The van der Waals surface area contributed by atoms with E-state index in [-0.39, 0.29) is 17.6 Å². The molecule has 0 saturated carbocycles. The van der Waals surface area contributed by atoms with Crippen molar-refractivity contribution in [2.75, 3.05) is 13.2 Å². The highest BCUT2D eigenvalue weighted by atomic mass is 35.5. The molecule has 1 fully saturated rings. The van der Waals surface area contributed by atoms with Gasteiger partial charge >= 0.3 is 0 Å². The molecule has 1 saturated heterocycles. The van der Waals surface area contributed by atoms with Gasteiger partial charge in [0.1, 0.15) is 11.6 Å². The summed E-state index contributed by atoms with van der Waals surface area (Å²) in [6.45, 7) is 1.82. The lowest BCUT2D eigenvalue weighted by Gasteiger charge is -2.10. The quantitative estimate of drug-likeness (QED) is 0.471. The van der Waals surface area contributed by atoms with E-state index in [2.05, 4.69) is 9.88 Å². The molecule has 30 heavy (non-hydrogen) atoms. The number of nitriles is 1. The first-order valence-corrected chi connectivity index (χ1v) is 10.4. The first kappa shape index (κ1) is 20.2. The molecule has 5 nitrogen and oxygen atoms in total. The van der Waals surface area contributed by atoms with Crippen molar-refractivity contribution in [2.24, 2.45) is 0 Å². The van der Waals surface area contributed by atoms with Crippen molar-refractivity contribution in [3.8, 4) is 6.07 Å². The summed E-state index contributed by atoms with van der Waals surface area (Å²) in [6.07, 6.45) is 5.61. The van der Waals surface area contributed by atoms with E-state index in [0.29, 0.717) is 18.1 Å². The lowest BCUT2D eigenvalue weighted by atomic mass is 10.1. The molecule has 0 aliphatic carbocycles. The van der Waals surface area contributed by atoms with Crippen molar-refractivity contribution in [1.82, 2.24) is 9.88 Å². The van der Waals surface area contributed by atoms with E-state index in [1.165, 1.54) is 0 Å². The van der Waals surface area contributed by atoms with Crippen LogP contribution in [-0.2, 0) is 16.1 Å². The number of fused-ring (bicyclic) bond motifs is 1. The van der Waals surface area contributed by atoms with Crippen molar-refractivity contribution in [3.63, 3.8) is 0 Å². The van der Waals surface area contributed by atoms with Gasteiger partial charge in [-0.25, -0.2) is 0 Å². The molecule has 2 heterocycles. The topological polar surface area (TPSA) is 67.0 Å². The molecule has 1 atom stereocenters. The molecule has 1 amide bonds. The van der Waals surface area contributed by atoms with Gasteiger partial charge in [-0.3, -0.25) is 4.79 Å². The molecule has 1 N–H and O–H groups in total. The zero-order valence-electron chi connectivity index (χ0n) is 16.5. The SMILES string of the molecule is N#C/C(=C/c1cn(Cc2ccc(Cl)cc2)c2ccccc12)C(=O)NC[C@@H]1CCCO1. The van der Waals surface area contributed by atoms with Crippen LogP contribution < -0.4 is 5.32 Å². The minimum atomic E-state index is -0.373. The molecule has 0 unspecified atom stereocenters. The second kappa shape index (κ2) is 9.17. The van der Waals surface area contributed by atoms with Gasteiger partial charge in [0.15, 0.2) is 0 Å². The fourth-order valence-electron chi connectivity index (χ4n) is 3.72. The Morgan fingerprint density at radius 3 is 2.80 bits per heavy atom. The first-order chi connectivity index (χ1) is 14.6. The number of carbonyl (C=O) groups is 1. The van der Waals surface area contributed by atoms with Crippen molar-refractivity contribution in [1.29, 1.82) is 5.26 Å². The zero-order valence-corrected chi connectivity index (χ0v) is 17.2. The number of ether oxygens (including phenoxy) is 1. The Kier molecular flexibility index (Phi) is 6.18. The standard InChI is InChI=1S/C24H22ClN3O2/c25-20-9-7-17(8-10-20)15-28-16-19(22-5-1-2-6-23(22)28)12-18(13-26)24(29)27-14-21-4-3-11-30-21/h1-2,5-10,12,16,21H,3-4,11,14-15H2,(H,27,29)/b18-12-/t21-/m0/s1. The molecule has 2 aromatic carbocycles. The molecule has 3 aromatic rings. The summed E-state index contributed by atoms with van der Waals surface area (Å²) in [4.78, 5) is 12.5. The first-order valence-electron chi connectivity index (χ1n) is 9.98. The second-order valence-corrected chi connectivity index (χ2v) is 7.81. The number of nitrogens with one attached hydrogen (secondary N) is 1. The lowest BCUT2D eigenvalue weighted by molar-refractivity contribution is -0.117. The van der Waals surface area contributed by atoms with Crippen LogP contribution in [0.3, 0.4) is 0 Å². The van der Waals surface area contributed by atoms with Crippen molar-refractivity contribution >= 4 is 34.5 Å². The molecule has 4 rings (SSSR count). The maximum absolute atomic E-state index is 12.5. The van der Waals surface area contributed by atoms with Gasteiger partial charge in [-0.15, -0.1) is 0 Å². The van der Waals surface area contributed by atoms with Gasteiger partial charge in [0.25, 0.3) is 5.91 Å². The van der Waals surface area contributed by atoms with E-state index in [4.69, 9.17) is 16.3 Å². The number of amides is 1. The van der Waals surface area contributed by atoms with Crippen LogP contribution in [0.4, 0.5) is 0 Å². The number of carbonyl (C=O) groups excluding carboxylic acids is 1. The highest BCUT2D eigenvalue weighted by molar-refractivity contribution is 6.30. The predicted molar refractivity (Wildman–Crippen MR) is 118 cm³/mol. The van der Waals surface area contributed by atoms with Crippen LogP contribution >= 0.6 is 11.6 Å². The maximum atomic E-state index is 12.5. The van der Waals surface area contributed by atoms with E-state index < -0.39 is 0 Å². The fraction of sp³-hybridized carbons (Fsp3) is 0.250. The van der Waals surface area contributed by atoms with Crippen molar-refractivity contribution < 1.29 is 9.53 Å². The molecular weight excluding hydrogens is 398 g/mol. The Hall–Kier alpha value is -3.07. The molecule has 152 valence electrons. The summed E-state index contributed by atoms with van der Waals surface area (Å²) in [6, 6.07) is 17.7. The van der Waals surface area contributed by atoms with Crippen LogP contribution in [0.15, 0.2) is 60.3 Å². The number of para-hydroxylation sites is 1. The number of aromatic nitrogens is 1. The molecule has 0 bridgehead atoms. The summed E-state index contributed by atoms with van der Waals surface area (Å²) >= 11 is 5.99. The molecule has 0 radical (unpaired) electrons. The maximum Gasteiger partial charge on any atom is 0.262 e. The minimum absolute atomic E-state index is 0.0372. The van der Waals surface area contributed by atoms with Gasteiger partial charge in [-0.05, 0) is 42.7 Å². The number of hydrogen-bond donors (Lipinski definition) is 1. The Morgan fingerprint density at radius 1 is 1.27 bits per heavy atom. The Balaban J connectivity index is 1.60. The molecule has 1 aliphatic heterocycles. The van der Waals surface area contributed by atoms with E-state index in [0.717, 1.165) is 41.5 Å². The number of halogens is 1. The van der Waals surface area contributed by atoms with Crippen LogP contribution in [0.5, 0.6) is 0 Å². The molecule has 6 heteroatoms. The third-order valence-electron chi connectivity index (χ3n) is 5.26. The normalized spacial score (nSPS) is 16.5. The Labute approximate surface area is 180 Å². The van der Waals surface area contributed by atoms with Gasteiger partial charge in [0.05, 0.1) is 6.10 Å². The smallest absolute Gasteiger partial charge is 0.262 e. The summed E-state index contributed by atoms with van der Waals surface area (Å²) in [7, 11) is 0. The van der Waals surface area contributed by atoms with Crippen LogP contribution in [0.1, 0.15) is 24.0 Å². The number of nitrogens with zero attached hydrogens (tertiary/aromatic N) is 2. The van der Waals surface area contributed by atoms with Crippen molar-refractivity contribution in [2.45, 2.75) is 25.5 Å². The van der Waals surface area contributed by atoms with E-state index in [9.17, 15) is 10.1 Å². The predicted octanol–water partition coefficient (Wildman–Crippen LogP) is 4.55. The zero-order chi connectivity index (χ0) is 20.9. The van der Waals surface area contributed by atoms with Crippen LogP contribution in [0.2, 0.25) is 5.02 Å². The number of hydrogen-bond acceptors (Lipinski definition) is 3. The van der Waals surface area contributed by atoms with Crippen molar-refractivity contribution in [3.05, 3.63) is 76.5 Å².